The van der Waals surface area contributed by atoms with Crippen molar-refractivity contribution in [2.75, 3.05) is 26.3 Å². The topological polar surface area (TPSA) is 169 Å². The average Bonchev–Trinajstić information content (AvgIpc) is 3.64. The van der Waals surface area contributed by atoms with Crippen LogP contribution < -0.4 is 29.6 Å². The van der Waals surface area contributed by atoms with E-state index in [1.165, 1.54) is 31.9 Å². The van der Waals surface area contributed by atoms with E-state index in [0.717, 1.165) is 16.7 Å². The van der Waals surface area contributed by atoms with E-state index in [1.54, 1.807) is 13.0 Å². The molecule has 274 valence electrons. The van der Waals surface area contributed by atoms with Gasteiger partial charge in [-0.15, -0.1) is 11.8 Å². The first-order valence-corrected chi connectivity index (χ1v) is 18.4. The molecule has 0 spiro atoms. The highest BCUT2D eigenvalue weighted by atomic mass is 32.2. The Hall–Kier alpha value is -5.23. The molecule has 7 atom stereocenters. The van der Waals surface area contributed by atoms with Gasteiger partial charge in [-0.3, -0.25) is 9.69 Å². The minimum Gasteiger partial charge on any atom is -0.507 e. The first kappa shape index (κ1) is 34.8. The van der Waals surface area contributed by atoms with Crippen LogP contribution in [0.15, 0.2) is 42.5 Å². The van der Waals surface area contributed by atoms with Crippen molar-refractivity contribution in [1.82, 2.24) is 15.5 Å². The number of nitrogens with one attached hydrogen (secondary N) is 2. The summed E-state index contributed by atoms with van der Waals surface area (Å²) in [5.74, 6) is 0.0503. The molecule has 3 aromatic carbocycles. The van der Waals surface area contributed by atoms with E-state index in [-0.39, 0.29) is 42.6 Å². The molecule has 5 heterocycles. The standard InChI is InChI=1S/C39H38N4O9S/c1-18-12-22-13-23-25(14-40)43-26-15-49-39(47)24(41-20(3)44)16-53-38(30-29(26)36-35(50-17-51-36)19(2)33(30)46)32(43)31(42-23)28(22)37(34(18)48-4)52-27(45)11-10-21-8-6-5-7-9-21/h5-12,23-26,31-32,38,42,46H,13,15-17H2,1-4H3,(H,41,44)/b11-10+/t23?,24?,25-,26-,31?,32?,38+/m0/s1. The lowest BCUT2D eigenvalue weighted by molar-refractivity contribution is -0.150. The third kappa shape index (κ3) is 5.74. The number of thioether (sulfide) groups is 1. The Morgan fingerprint density at radius 2 is 1.89 bits per heavy atom. The minimum atomic E-state index is -0.962. The Balaban J connectivity index is 1.32. The number of hydrogen-bond donors (Lipinski definition) is 3. The average molecular weight is 739 g/mol. The normalized spacial score (nSPS) is 26.8. The fourth-order valence-corrected chi connectivity index (χ4v) is 10.1. The van der Waals surface area contributed by atoms with Gasteiger partial charge in [0.1, 0.15) is 24.4 Å². The van der Waals surface area contributed by atoms with Crippen LogP contribution in [-0.4, -0.2) is 78.3 Å². The third-order valence-corrected chi connectivity index (χ3v) is 12.1. The molecule has 13 nitrogen and oxygen atoms in total. The second kappa shape index (κ2) is 13.6. The van der Waals surface area contributed by atoms with Gasteiger partial charge in [-0.1, -0.05) is 36.4 Å². The number of benzene rings is 3. The number of amides is 1. The van der Waals surface area contributed by atoms with Crippen molar-refractivity contribution >= 4 is 35.7 Å². The second-order valence-electron chi connectivity index (χ2n) is 13.8. The molecule has 0 saturated carbocycles. The molecule has 2 saturated heterocycles. The summed E-state index contributed by atoms with van der Waals surface area (Å²) in [5.41, 5.74) is 4.88. The van der Waals surface area contributed by atoms with Crippen molar-refractivity contribution in [2.45, 2.75) is 68.7 Å². The van der Waals surface area contributed by atoms with Gasteiger partial charge >= 0.3 is 11.9 Å². The summed E-state index contributed by atoms with van der Waals surface area (Å²) in [7, 11) is 1.53. The van der Waals surface area contributed by atoms with Gasteiger partial charge in [-0.05, 0) is 43.0 Å². The molecule has 1 amide bonds. The Morgan fingerprint density at radius 1 is 1.11 bits per heavy atom. The van der Waals surface area contributed by atoms with Crippen LogP contribution in [0.25, 0.3) is 6.08 Å². The molecule has 3 aromatic rings. The Morgan fingerprint density at radius 3 is 2.62 bits per heavy atom. The smallest absolute Gasteiger partial charge is 0.336 e. The lowest BCUT2D eigenvalue weighted by Gasteiger charge is -2.59. The molecule has 3 N–H and O–H groups in total. The number of phenolic OH excluding ortho intramolecular Hbond substituents is 1. The highest BCUT2D eigenvalue weighted by Gasteiger charge is 2.59. The van der Waals surface area contributed by atoms with Gasteiger partial charge < -0.3 is 39.4 Å². The molecule has 4 unspecified atom stereocenters. The van der Waals surface area contributed by atoms with E-state index in [2.05, 4.69) is 21.6 Å². The van der Waals surface area contributed by atoms with Gasteiger partial charge in [0.2, 0.25) is 12.7 Å². The van der Waals surface area contributed by atoms with Crippen molar-refractivity contribution in [2.24, 2.45) is 0 Å². The van der Waals surface area contributed by atoms with Crippen LogP contribution in [0.1, 0.15) is 63.2 Å². The number of rotatable bonds is 5. The SMILES string of the molecule is COc1c(C)cc2c(c1OC(=O)/C=C/c1ccccc1)C1NC(C2)[C@H](C#N)N2C1[C@@H]1SCC(NC(C)=O)C(=O)OC[C@H]2c2c3c(c(C)c(O)c21)OCO3. The zero-order valence-corrected chi connectivity index (χ0v) is 30.3. The number of carbonyl (C=O) groups excluding carboxylic acids is 3. The number of piperazine rings is 1. The number of fused-ring (bicyclic) bond motifs is 9. The van der Waals surface area contributed by atoms with E-state index in [1.807, 2.05) is 43.3 Å². The van der Waals surface area contributed by atoms with Gasteiger partial charge in [0.05, 0.1) is 30.5 Å². The molecule has 2 fully saturated rings. The zero-order valence-electron chi connectivity index (χ0n) is 29.5. The molecule has 4 bridgehead atoms. The maximum absolute atomic E-state index is 13.5. The van der Waals surface area contributed by atoms with Crippen molar-refractivity contribution in [3.8, 4) is 34.8 Å². The van der Waals surface area contributed by atoms with Gasteiger partial charge in [0, 0.05) is 53.1 Å². The van der Waals surface area contributed by atoms with Gasteiger partial charge in [0.15, 0.2) is 23.0 Å². The van der Waals surface area contributed by atoms with Crippen LogP contribution in [-0.2, 0) is 25.5 Å². The largest absolute Gasteiger partial charge is 0.507 e. The molecule has 8 rings (SSSR count). The summed E-state index contributed by atoms with van der Waals surface area (Å²) in [5, 5.41) is 28.8. The van der Waals surface area contributed by atoms with Gasteiger partial charge in [-0.2, -0.15) is 5.26 Å². The molecule has 5 aliphatic heterocycles. The van der Waals surface area contributed by atoms with Crippen molar-refractivity contribution in [3.05, 3.63) is 81.4 Å². The second-order valence-corrected chi connectivity index (χ2v) is 15.0. The predicted octanol–water partition coefficient (Wildman–Crippen LogP) is 4.09. The van der Waals surface area contributed by atoms with Crippen LogP contribution in [0, 0.1) is 25.2 Å². The van der Waals surface area contributed by atoms with Gasteiger partial charge in [-0.25, -0.2) is 9.59 Å². The van der Waals surface area contributed by atoms with Crippen LogP contribution in [0.4, 0.5) is 0 Å². The molecular weight excluding hydrogens is 701 g/mol. The number of ether oxygens (including phenoxy) is 5. The molecule has 14 heteroatoms. The fraction of sp³-hybridized carbons (Fsp3) is 0.385. The minimum absolute atomic E-state index is 0.0141. The number of cyclic esters (lactones) is 1. The summed E-state index contributed by atoms with van der Waals surface area (Å²) >= 11 is 1.37. The zero-order chi connectivity index (χ0) is 37.1. The number of hydrogen-bond acceptors (Lipinski definition) is 13. The van der Waals surface area contributed by atoms with Crippen LogP contribution in [0.2, 0.25) is 0 Å². The number of aromatic hydroxyl groups is 1. The first-order chi connectivity index (χ1) is 25.6. The number of nitrogens with zero attached hydrogens (tertiary/aromatic N) is 2. The summed E-state index contributed by atoms with van der Waals surface area (Å²) in [6, 6.07) is 10.1. The number of aryl methyl sites for hydroxylation is 1. The number of phenols is 1. The molecule has 0 radical (unpaired) electrons. The van der Waals surface area contributed by atoms with Crippen LogP contribution in [0.3, 0.4) is 0 Å². The lowest BCUT2D eigenvalue weighted by Crippen LogP contribution is -2.69. The molecule has 0 aliphatic carbocycles. The summed E-state index contributed by atoms with van der Waals surface area (Å²) in [4.78, 5) is 41.3. The monoisotopic (exact) mass is 738 g/mol. The third-order valence-electron chi connectivity index (χ3n) is 10.7. The van der Waals surface area contributed by atoms with Crippen LogP contribution >= 0.6 is 11.8 Å². The van der Waals surface area contributed by atoms with Crippen molar-refractivity contribution in [3.63, 3.8) is 0 Å². The molecule has 0 aromatic heterocycles. The summed E-state index contributed by atoms with van der Waals surface area (Å²) < 4.78 is 30.0. The highest BCUT2D eigenvalue weighted by Crippen LogP contribution is 2.62. The predicted molar refractivity (Wildman–Crippen MR) is 193 cm³/mol. The van der Waals surface area contributed by atoms with E-state index in [4.69, 9.17) is 23.7 Å². The molecular formula is C39H38N4O9S. The Kier molecular flexibility index (Phi) is 8.96. The van der Waals surface area contributed by atoms with E-state index < -0.39 is 47.4 Å². The quantitative estimate of drug-likeness (QED) is 0.195. The van der Waals surface area contributed by atoms with Crippen molar-refractivity contribution < 1.29 is 43.2 Å². The first-order valence-electron chi connectivity index (χ1n) is 17.4. The molecule has 5 aliphatic rings. The van der Waals surface area contributed by atoms with Crippen molar-refractivity contribution in [1.29, 1.82) is 5.26 Å². The maximum Gasteiger partial charge on any atom is 0.336 e. The van der Waals surface area contributed by atoms with E-state index in [0.29, 0.717) is 45.9 Å². The molecule has 53 heavy (non-hydrogen) atoms. The Bertz CT molecular complexity index is 2100. The number of carbonyl (C=O) groups is 3. The van der Waals surface area contributed by atoms with E-state index >= 15 is 0 Å². The highest BCUT2D eigenvalue weighted by molar-refractivity contribution is 7.99. The summed E-state index contributed by atoms with van der Waals surface area (Å²) in [6.45, 7) is 4.74. The number of esters is 2. The fourth-order valence-electron chi connectivity index (χ4n) is 8.60. The summed E-state index contributed by atoms with van der Waals surface area (Å²) in [6.07, 6.45) is 3.49. The number of nitriles is 1. The number of methoxy groups -OCH3 is 1. The van der Waals surface area contributed by atoms with Crippen LogP contribution in [0.5, 0.6) is 28.7 Å². The Labute approximate surface area is 310 Å². The lowest BCUT2D eigenvalue weighted by atomic mass is 9.72. The van der Waals surface area contributed by atoms with E-state index in [9.17, 15) is 24.8 Å². The van der Waals surface area contributed by atoms with Gasteiger partial charge in [0.25, 0.3) is 0 Å². The maximum atomic E-state index is 13.5.